The van der Waals surface area contributed by atoms with E-state index in [9.17, 15) is 5.26 Å². The number of rotatable bonds is 2. The molecule has 0 aliphatic heterocycles. The topological polar surface area (TPSA) is 54.5 Å². The van der Waals surface area contributed by atoms with Crippen LogP contribution in [0.4, 0.5) is 0 Å². The minimum absolute atomic E-state index is 0.484. The van der Waals surface area contributed by atoms with Crippen LogP contribution in [-0.4, -0.2) is 14.5 Å². The zero-order valence-corrected chi connectivity index (χ0v) is 12.0. The number of imidazole rings is 1. The van der Waals surface area contributed by atoms with Crippen LogP contribution in [-0.2, 0) is 7.05 Å². The molecule has 0 saturated heterocycles. The molecule has 0 bridgehead atoms. The predicted molar refractivity (Wildman–Crippen MR) is 83.4 cm³/mol. The first-order valence-corrected chi connectivity index (χ1v) is 6.72. The fourth-order valence-electron chi connectivity index (χ4n) is 2.14. The second-order valence-electron chi connectivity index (χ2n) is 4.56. The molecule has 4 nitrogen and oxygen atoms in total. The summed E-state index contributed by atoms with van der Waals surface area (Å²) in [6, 6.07) is 13.2. The molecule has 0 fully saturated rings. The van der Waals surface area contributed by atoms with Gasteiger partial charge in [0.15, 0.2) is 11.5 Å². The van der Waals surface area contributed by atoms with E-state index in [1.165, 1.54) is 0 Å². The zero-order chi connectivity index (χ0) is 14.8. The molecule has 0 aliphatic rings. The van der Waals surface area contributed by atoms with Crippen LogP contribution in [0.25, 0.3) is 22.8 Å². The number of aryl methyl sites for hydroxylation is 1. The van der Waals surface area contributed by atoms with Gasteiger partial charge >= 0.3 is 0 Å². The molecule has 0 radical (unpaired) electrons. The third kappa shape index (κ3) is 2.51. The maximum atomic E-state index is 9.43. The Kier molecular flexibility index (Phi) is 3.43. The first-order valence-electron chi connectivity index (χ1n) is 6.34. The number of pyridine rings is 1. The number of aromatic nitrogens is 3. The Hall–Kier alpha value is -2.64. The van der Waals surface area contributed by atoms with Crippen molar-refractivity contribution in [2.75, 3.05) is 0 Å². The van der Waals surface area contributed by atoms with E-state index in [0.29, 0.717) is 16.4 Å². The molecule has 102 valence electrons. The first kappa shape index (κ1) is 13.3. The number of allylic oxidation sites excluding steroid dienone is 1. The molecule has 0 amide bonds. The number of benzene rings is 1. The van der Waals surface area contributed by atoms with Crippen molar-refractivity contribution in [2.24, 2.45) is 7.05 Å². The Bertz CT molecular complexity index is 869. The molecule has 5 heteroatoms. The fraction of sp³-hybridized carbons (Fsp3) is 0.0625. The predicted octanol–water partition coefficient (Wildman–Crippen LogP) is 3.69. The van der Waals surface area contributed by atoms with Crippen LogP contribution in [0.2, 0.25) is 5.02 Å². The van der Waals surface area contributed by atoms with Crippen molar-refractivity contribution in [3.63, 3.8) is 0 Å². The zero-order valence-electron chi connectivity index (χ0n) is 11.3. The highest BCUT2D eigenvalue weighted by atomic mass is 35.5. The van der Waals surface area contributed by atoms with Gasteiger partial charge in [-0.1, -0.05) is 23.7 Å². The van der Waals surface area contributed by atoms with Crippen molar-refractivity contribution in [1.29, 1.82) is 5.26 Å². The molecule has 0 saturated carbocycles. The number of hydrogen-bond donors (Lipinski definition) is 0. The van der Waals surface area contributed by atoms with Gasteiger partial charge in [0, 0.05) is 18.3 Å². The minimum Gasteiger partial charge on any atom is -0.311 e. The van der Waals surface area contributed by atoms with Gasteiger partial charge in [-0.25, -0.2) is 9.97 Å². The quantitative estimate of drug-likeness (QED) is 0.677. The van der Waals surface area contributed by atoms with Crippen LogP contribution in [0.5, 0.6) is 0 Å². The molecule has 2 aromatic heterocycles. The Labute approximate surface area is 126 Å². The largest absolute Gasteiger partial charge is 0.311 e. The summed E-state index contributed by atoms with van der Waals surface area (Å²) in [5.74, 6) is 0.598. The van der Waals surface area contributed by atoms with Gasteiger partial charge in [0.1, 0.15) is 11.6 Å². The SMILES string of the molecule is Cn1c(/C(C#N)=C\c2ccc(Cl)cc2)nc2cccnc21. The van der Waals surface area contributed by atoms with Crippen LogP contribution >= 0.6 is 11.6 Å². The average Bonchev–Trinajstić information content (AvgIpc) is 2.84. The van der Waals surface area contributed by atoms with Crippen molar-refractivity contribution in [3.05, 3.63) is 59.0 Å². The maximum absolute atomic E-state index is 9.43. The van der Waals surface area contributed by atoms with Crippen molar-refractivity contribution >= 4 is 34.4 Å². The average molecular weight is 295 g/mol. The lowest BCUT2D eigenvalue weighted by molar-refractivity contribution is 0.910. The summed E-state index contributed by atoms with van der Waals surface area (Å²) in [7, 11) is 1.85. The van der Waals surface area contributed by atoms with E-state index >= 15 is 0 Å². The van der Waals surface area contributed by atoms with E-state index < -0.39 is 0 Å². The summed E-state index contributed by atoms with van der Waals surface area (Å²) in [5, 5.41) is 10.1. The summed E-state index contributed by atoms with van der Waals surface area (Å²) < 4.78 is 1.82. The van der Waals surface area contributed by atoms with E-state index in [2.05, 4.69) is 16.0 Å². The van der Waals surface area contributed by atoms with Gasteiger partial charge < -0.3 is 4.57 Å². The molecule has 21 heavy (non-hydrogen) atoms. The van der Waals surface area contributed by atoms with E-state index in [1.807, 2.05) is 35.9 Å². The fourth-order valence-corrected chi connectivity index (χ4v) is 2.26. The lowest BCUT2D eigenvalue weighted by Crippen LogP contribution is -1.96. The van der Waals surface area contributed by atoms with E-state index in [0.717, 1.165) is 16.7 Å². The van der Waals surface area contributed by atoms with Gasteiger partial charge in [0.25, 0.3) is 0 Å². The maximum Gasteiger partial charge on any atom is 0.160 e. The molecule has 0 unspecified atom stereocenters. The number of hydrogen-bond acceptors (Lipinski definition) is 3. The van der Waals surface area contributed by atoms with E-state index in [1.54, 1.807) is 24.4 Å². The summed E-state index contributed by atoms with van der Waals surface area (Å²) >= 11 is 5.87. The third-order valence-corrected chi connectivity index (χ3v) is 3.42. The Morgan fingerprint density at radius 1 is 1.29 bits per heavy atom. The van der Waals surface area contributed by atoms with Crippen molar-refractivity contribution < 1.29 is 0 Å². The second kappa shape index (κ2) is 5.39. The highest BCUT2D eigenvalue weighted by molar-refractivity contribution is 6.30. The van der Waals surface area contributed by atoms with Crippen LogP contribution in [0.3, 0.4) is 0 Å². The summed E-state index contributed by atoms with van der Waals surface area (Å²) in [6.45, 7) is 0. The minimum atomic E-state index is 0.484. The van der Waals surface area contributed by atoms with Gasteiger partial charge in [0.05, 0.1) is 5.57 Å². The Morgan fingerprint density at radius 3 is 2.71 bits per heavy atom. The van der Waals surface area contributed by atoms with Crippen molar-refractivity contribution in [3.8, 4) is 6.07 Å². The molecule has 0 aliphatic carbocycles. The standard InChI is InChI=1S/C16H11ClN4/c1-21-15(20-14-3-2-8-19-16(14)21)12(10-18)9-11-4-6-13(17)7-5-11/h2-9H,1H3/b12-9-. The van der Waals surface area contributed by atoms with Crippen molar-refractivity contribution in [1.82, 2.24) is 14.5 Å². The highest BCUT2D eigenvalue weighted by Gasteiger charge is 2.12. The lowest BCUT2D eigenvalue weighted by Gasteiger charge is -2.00. The molecule has 3 rings (SSSR count). The number of nitrogens with zero attached hydrogens (tertiary/aromatic N) is 4. The first-order chi connectivity index (χ1) is 10.2. The molecule has 0 spiro atoms. The van der Waals surface area contributed by atoms with Gasteiger partial charge in [-0.3, -0.25) is 0 Å². The third-order valence-electron chi connectivity index (χ3n) is 3.17. The van der Waals surface area contributed by atoms with Crippen LogP contribution in [0, 0.1) is 11.3 Å². The highest BCUT2D eigenvalue weighted by Crippen LogP contribution is 2.21. The van der Waals surface area contributed by atoms with Gasteiger partial charge in [0.2, 0.25) is 0 Å². The molecule has 3 aromatic rings. The number of fused-ring (bicyclic) bond motifs is 1. The van der Waals surface area contributed by atoms with Crippen LogP contribution in [0.15, 0.2) is 42.6 Å². The molecule has 0 N–H and O–H groups in total. The van der Waals surface area contributed by atoms with Crippen LogP contribution < -0.4 is 0 Å². The van der Waals surface area contributed by atoms with Gasteiger partial charge in [-0.2, -0.15) is 5.26 Å². The van der Waals surface area contributed by atoms with E-state index in [-0.39, 0.29) is 0 Å². The summed E-state index contributed by atoms with van der Waals surface area (Å²) in [4.78, 5) is 8.76. The monoisotopic (exact) mass is 294 g/mol. The molecule has 0 atom stereocenters. The lowest BCUT2D eigenvalue weighted by atomic mass is 10.1. The number of halogens is 1. The summed E-state index contributed by atoms with van der Waals surface area (Å²) in [5.41, 5.74) is 2.91. The van der Waals surface area contributed by atoms with Crippen LogP contribution in [0.1, 0.15) is 11.4 Å². The second-order valence-corrected chi connectivity index (χ2v) is 5.00. The smallest absolute Gasteiger partial charge is 0.160 e. The Balaban J connectivity index is 2.12. The normalized spacial score (nSPS) is 11.6. The van der Waals surface area contributed by atoms with Crippen molar-refractivity contribution in [2.45, 2.75) is 0 Å². The molecular formula is C16H11ClN4. The van der Waals surface area contributed by atoms with E-state index in [4.69, 9.17) is 11.6 Å². The molecule has 2 heterocycles. The van der Waals surface area contributed by atoms with Gasteiger partial charge in [-0.05, 0) is 35.9 Å². The molecule has 1 aromatic carbocycles. The van der Waals surface area contributed by atoms with Gasteiger partial charge in [-0.15, -0.1) is 0 Å². The number of nitriles is 1. The summed E-state index contributed by atoms with van der Waals surface area (Å²) in [6.07, 6.45) is 3.50. The Morgan fingerprint density at radius 2 is 2.05 bits per heavy atom. The molecular weight excluding hydrogens is 284 g/mol.